The maximum Gasteiger partial charge on any atom is 0.338 e. The number of benzene rings is 1. The fourth-order valence-electron chi connectivity index (χ4n) is 1.24. The largest absolute Gasteiger partial charge is 0.478 e. The van der Waals surface area contributed by atoms with Gasteiger partial charge in [0.25, 0.3) is 0 Å². The molecule has 0 radical (unpaired) electrons. The van der Waals surface area contributed by atoms with E-state index in [4.69, 9.17) is 5.11 Å². The SMILES string of the molecule is CN(C)C(=O)CS(=O)(=O)c1ccc(F)c(C(=O)O)c1. The third kappa shape index (κ3) is 3.50. The number of aromatic carboxylic acids is 1. The first-order chi connectivity index (χ1) is 8.65. The topological polar surface area (TPSA) is 91.8 Å². The molecular weight excluding hydrogens is 277 g/mol. The number of hydrogen-bond donors (Lipinski definition) is 1. The molecule has 19 heavy (non-hydrogen) atoms. The lowest BCUT2D eigenvalue weighted by atomic mass is 10.2. The summed E-state index contributed by atoms with van der Waals surface area (Å²) < 4.78 is 36.9. The molecule has 0 atom stereocenters. The van der Waals surface area contributed by atoms with Crippen LogP contribution in [-0.4, -0.2) is 50.1 Å². The monoisotopic (exact) mass is 289 g/mol. The quantitative estimate of drug-likeness (QED) is 0.809. The van der Waals surface area contributed by atoms with E-state index in [9.17, 15) is 22.4 Å². The van der Waals surface area contributed by atoms with Crippen LogP contribution in [0.2, 0.25) is 0 Å². The third-order valence-electron chi connectivity index (χ3n) is 2.34. The normalized spacial score (nSPS) is 11.1. The maximum absolute atomic E-state index is 13.1. The molecule has 0 fully saturated rings. The molecule has 0 saturated carbocycles. The molecule has 0 bridgehead atoms. The van der Waals surface area contributed by atoms with Gasteiger partial charge in [-0.1, -0.05) is 0 Å². The van der Waals surface area contributed by atoms with Crippen LogP contribution in [0, 0.1) is 5.82 Å². The molecule has 0 aliphatic heterocycles. The van der Waals surface area contributed by atoms with Crippen molar-refractivity contribution in [2.24, 2.45) is 0 Å². The number of hydrogen-bond acceptors (Lipinski definition) is 4. The number of carboxylic acid groups (broad SMARTS) is 1. The van der Waals surface area contributed by atoms with Crippen molar-refractivity contribution in [1.29, 1.82) is 0 Å². The molecule has 0 aliphatic carbocycles. The number of carboxylic acids is 1. The van der Waals surface area contributed by atoms with Crippen LogP contribution in [0.1, 0.15) is 10.4 Å². The molecule has 0 heterocycles. The number of halogens is 1. The molecule has 0 unspecified atom stereocenters. The molecule has 1 N–H and O–H groups in total. The number of nitrogens with zero attached hydrogens (tertiary/aromatic N) is 1. The van der Waals surface area contributed by atoms with E-state index in [0.29, 0.717) is 6.07 Å². The molecule has 0 spiro atoms. The molecule has 6 nitrogen and oxygen atoms in total. The Labute approximate surface area is 109 Å². The average molecular weight is 289 g/mol. The fraction of sp³-hybridized carbons (Fsp3) is 0.273. The Morgan fingerprint density at radius 2 is 1.89 bits per heavy atom. The van der Waals surface area contributed by atoms with E-state index >= 15 is 0 Å². The Bertz CT molecular complexity index is 624. The summed E-state index contributed by atoms with van der Waals surface area (Å²) >= 11 is 0. The molecule has 0 aromatic heterocycles. The first kappa shape index (κ1) is 15.1. The van der Waals surface area contributed by atoms with Crippen LogP contribution in [0.3, 0.4) is 0 Å². The summed E-state index contributed by atoms with van der Waals surface area (Å²) in [5.74, 6) is -4.06. The van der Waals surface area contributed by atoms with Crippen molar-refractivity contribution in [3.8, 4) is 0 Å². The van der Waals surface area contributed by atoms with Gasteiger partial charge >= 0.3 is 5.97 Å². The zero-order chi connectivity index (χ0) is 14.8. The summed E-state index contributed by atoms with van der Waals surface area (Å²) in [4.78, 5) is 22.8. The van der Waals surface area contributed by atoms with Gasteiger partial charge in [-0.15, -0.1) is 0 Å². The predicted molar refractivity (Wildman–Crippen MR) is 64.1 cm³/mol. The fourth-order valence-corrected chi connectivity index (χ4v) is 2.56. The van der Waals surface area contributed by atoms with Crippen molar-refractivity contribution in [2.45, 2.75) is 4.90 Å². The van der Waals surface area contributed by atoms with Crippen molar-refractivity contribution >= 4 is 21.7 Å². The van der Waals surface area contributed by atoms with Gasteiger partial charge in [-0.25, -0.2) is 17.6 Å². The third-order valence-corrected chi connectivity index (χ3v) is 3.94. The van der Waals surface area contributed by atoms with E-state index < -0.39 is 43.7 Å². The minimum atomic E-state index is -4.00. The van der Waals surface area contributed by atoms with E-state index in [1.165, 1.54) is 14.1 Å². The first-order valence-electron chi connectivity index (χ1n) is 5.11. The second-order valence-electron chi connectivity index (χ2n) is 3.99. The molecule has 1 amide bonds. The highest BCUT2D eigenvalue weighted by molar-refractivity contribution is 7.92. The number of carbonyl (C=O) groups excluding carboxylic acids is 1. The second-order valence-corrected chi connectivity index (χ2v) is 5.98. The van der Waals surface area contributed by atoms with Crippen LogP contribution in [0.4, 0.5) is 4.39 Å². The predicted octanol–water partition coefficient (Wildman–Crippen LogP) is 0.386. The van der Waals surface area contributed by atoms with Crippen molar-refractivity contribution in [3.63, 3.8) is 0 Å². The van der Waals surface area contributed by atoms with Gasteiger partial charge < -0.3 is 10.0 Å². The van der Waals surface area contributed by atoms with Gasteiger partial charge in [-0.2, -0.15) is 0 Å². The summed E-state index contributed by atoms with van der Waals surface area (Å²) in [7, 11) is -1.21. The van der Waals surface area contributed by atoms with Crippen molar-refractivity contribution in [1.82, 2.24) is 4.90 Å². The lowest BCUT2D eigenvalue weighted by Crippen LogP contribution is -2.29. The molecule has 1 rings (SSSR count). The van der Waals surface area contributed by atoms with E-state index in [2.05, 4.69) is 0 Å². The Morgan fingerprint density at radius 3 is 2.37 bits per heavy atom. The van der Waals surface area contributed by atoms with Crippen molar-refractivity contribution in [3.05, 3.63) is 29.6 Å². The van der Waals surface area contributed by atoms with Crippen molar-refractivity contribution in [2.75, 3.05) is 19.8 Å². The lowest BCUT2D eigenvalue weighted by molar-refractivity contribution is -0.125. The average Bonchev–Trinajstić information content (AvgIpc) is 2.27. The summed E-state index contributed by atoms with van der Waals surface area (Å²) in [6.07, 6.45) is 0. The van der Waals surface area contributed by atoms with Crippen LogP contribution in [0.5, 0.6) is 0 Å². The van der Waals surface area contributed by atoms with Crippen LogP contribution in [-0.2, 0) is 14.6 Å². The molecule has 1 aromatic carbocycles. The molecule has 8 heteroatoms. The van der Waals surface area contributed by atoms with E-state index in [1.54, 1.807) is 0 Å². The minimum absolute atomic E-state index is 0.401. The highest BCUT2D eigenvalue weighted by atomic mass is 32.2. The summed E-state index contributed by atoms with van der Waals surface area (Å²) in [5, 5.41) is 8.72. The zero-order valence-electron chi connectivity index (χ0n) is 10.3. The summed E-state index contributed by atoms with van der Waals surface area (Å²) in [6.45, 7) is 0. The highest BCUT2D eigenvalue weighted by Crippen LogP contribution is 2.16. The van der Waals surface area contributed by atoms with Gasteiger partial charge in [-0.05, 0) is 18.2 Å². The van der Waals surface area contributed by atoms with Crippen LogP contribution < -0.4 is 0 Å². The van der Waals surface area contributed by atoms with E-state index in [1.807, 2.05) is 0 Å². The molecular formula is C11H12FNO5S. The zero-order valence-corrected chi connectivity index (χ0v) is 11.1. The van der Waals surface area contributed by atoms with Gasteiger partial charge in [-0.3, -0.25) is 4.79 Å². The van der Waals surface area contributed by atoms with Gasteiger partial charge in [0, 0.05) is 14.1 Å². The molecule has 0 aliphatic rings. The molecule has 0 saturated heterocycles. The number of carbonyl (C=O) groups is 2. The summed E-state index contributed by atoms with van der Waals surface area (Å²) in [6, 6.07) is 2.38. The van der Waals surface area contributed by atoms with Crippen LogP contribution >= 0.6 is 0 Å². The van der Waals surface area contributed by atoms with Gasteiger partial charge in [0.2, 0.25) is 5.91 Å². The van der Waals surface area contributed by atoms with Gasteiger partial charge in [0.1, 0.15) is 11.6 Å². The second kappa shape index (κ2) is 5.35. The molecule has 1 aromatic rings. The smallest absolute Gasteiger partial charge is 0.338 e. The Hall–Kier alpha value is -1.96. The highest BCUT2D eigenvalue weighted by Gasteiger charge is 2.23. The minimum Gasteiger partial charge on any atom is -0.478 e. The van der Waals surface area contributed by atoms with Crippen LogP contribution in [0.25, 0.3) is 0 Å². The maximum atomic E-state index is 13.1. The Kier molecular flexibility index (Phi) is 4.25. The Morgan fingerprint density at radius 1 is 1.32 bits per heavy atom. The van der Waals surface area contributed by atoms with Gasteiger partial charge in [0.05, 0.1) is 10.5 Å². The Balaban J connectivity index is 3.19. The summed E-state index contributed by atoms with van der Waals surface area (Å²) in [5.41, 5.74) is -0.752. The number of amides is 1. The standard InChI is InChI=1S/C11H12FNO5S/c1-13(2)10(14)6-19(17,18)7-3-4-9(12)8(5-7)11(15)16/h3-5H,6H2,1-2H3,(H,15,16). The molecule has 104 valence electrons. The number of rotatable bonds is 4. The van der Waals surface area contributed by atoms with Gasteiger partial charge in [0.15, 0.2) is 9.84 Å². The van der Waals surface area contributed by atoms with E-state index in [0.717, 1.165) is 17.0 Å². The van der Waals surface area contributed by atoms with Crippen LogP contribution in [0.15, 0.2) is 23.1 Å². The number of sulfone groups is 1. The lowest BCUT2D eigenvalue weighted by Gasteiger charge is -2.11. The van der Waals surface area contributed by atoms with E-state index in [-0.39, 0.29) is 0 Å². The first-order valence-corrected chi connectivity index (χ1v) is 6.76. The van der Waals surface area contributed by atoms with Crippen molar-refractivity contribution < 1.29 is 27.5 Å².